The van der Waals surface area contributed by atoms with Crippen LogP contribution in [0.3, 0.4) is 0 Å². The highest BCUT2D eigenvalue weighted by molar-refractivity contribution is 6.31. The van der Waals surface area contributed by atoms with Crippen molar-refractivity contribution in [3.8, 4) is 16.9 Å². The van der Waals surface area contributed by atoms with Gasteiger partial charge in [0.1, 0.15) is 11.6 Å². The number of nitrogens with zero attached hydrogens (tertiary/aromatic N) is 2. The van der Waals surface area contributed by atoms with Gasteiger partial charge in [0, 0.05) is 5.56 Å². The second-order valence-corrected chi connectivity index (χ2v) is 6.09. The van der Waals surface area contributed by atoms with Crippen LogP contribution in [0.1, 0.15) is 17.4 Å². The van der Waals surface area contributed by atoms with Crippen molar-refractivity contribution in [3.05, 3.63) is 69.8 Å². The van der Waals surface area contributed by atoms with Crippen molar-refractivity contribution in [1.29, 1.82) is 0 Å². The Kier molecular flexibility index (Phi) is 5.25. The molecule has 0 aliphatic carbocycles. The molecule has 0 atom stereocenters. The van der Waals surface area contributed by atoms with Gasteiger partial charge in [-0.25, -0.2) is 18.3 Å². The van der Waals surface area contributed by atoms with E-state index in [1.165, 1.54) is 47.1 Å². The first-order valence-electron chi connectivity index (χ1n) is 7.58. The minimum absolute atomic E-state index is 0.0442. The highest BCUT2D eigenvalue weighted by atomic mass is 35.5. The standard InChI is InChI=1S/C18H12Cl2F2N2O2/c1-2-26-18(25)16-9-17(10-3-5-14(21)12(19)7-10)24(23-16)11-4-6-15(22)13(20)8-11/h3-9H,2H2,1H3. The van der Waals surface area contributed by atoms with Crippen LogP contribution >= 0.6 is 23.2 Å². The molecule has 0 aliphatic heterocycles. The summed E-state index contributed by atoms with van der Waals surface area (Å²) in [6, 6.07) is 9.60. The Bertz CT molecular complexity index is 920. The van der Waals surface area contributed by atoms with Gasteiger partial charge in [0.25, 0.3) is 0 Å². The molecule has 1 heterocycles. The first-order valence-corrected chi connectivity index (χ1v) is 8.34. The molecule has 0 bridgehead atoms. The van der Waals surface area contributed by atoms with Crippen LogP contribution in [0.5, 0.6) is 0 Å². The molecule has 3 aromatic rings. The number of benzene rings is 2. The van der Waals surface area contributed by atoms with Gasteiger partial charge in [-0.2, -0.15) is 5.10 Å². The van der Waals surface area contributed by atoms with Gasteiger partial charge in [0.05, 0.1) is 28.0 Å². The summed E-state index contributed by atoms with van der Waals surface area (Å²) in [5, 5.41) is 4.05. The molecule has 0 saturated heterocycles. The van der Waals surface area contributed by atoms with E-state index in [9.17, 15) is 13.6 Å². The molecule has 0 spiro atoms. The van der Waals surface area contributed by atoms with Crippen LogP contribution in [0.2, 0.25) is 10.0 Å². The van der Waals surface area contributed by atoms with E-state index in [2.05, 4.69) is 5.10 Å². The third kappa shape index (κ3) is 3.57. The average molecular weight is 397 g/mol. The van der Waals surface area contributed by atoms with Crippen LogP contribution in [-0.4, -0.2) is 22.4 Å². The molecule has 8 heteroatoms. The molecule has 0 aliphatic rings. The predicted octanol–water partition coefficient (Wildman–Crippen LogP) is 5.30. The minimum atomic E-state index is -0.617. The van der Waals surface area contributed by atoms with Crippen molar-refractivity contribution in [2.45, 2.75) is 6.92 Å². The summed E-state index contributed by atoms with van der Waals surface area (Å²) in [5.41, 5.74) is 1.42. The maximum absolute atomic E-state index is 13.5. The molecule has 0 N–H and O–H groups in total. The largest absolute Gasteiger partial charge is 0.461 e. The van der Waals surface area contributed by atoms with Gasteiger partial charge in [-0.1, -0.05) is 23.2 Å². The molecule has 3 rings (SSSR count). The highest BCUT2D eigenvalue weighted by Gasteiger charge is 2.19. The normalized spacial score (nSPS) is 10.8. The fourth-order valence-corrected chi connectivity index (χ4v) is 2.72. The van der Waals surface area contributed by atoms with E-state index in [4.69, 9.17) is 27.9 Å². The number of rotatable bonds is 4. The second-order valence-electron chi connectivity index (χ2n) is 5.27. The first-order chi connectivity index (χ1) is 12.4. The Morgan fingerprint density at radius 3 is 2.35 bits per heavy atom. The van der Waals surface area contributed by atoms with Crippen LogP contribution in [0.4, 0.5) is 8.78 Å². The number of esters is 1. The van der Waals surface area contributed by atoms with Crippen LogP contribution in [0.25, 0.3) is 16.9 Å². The van der Waals surface area contributed by atoms with Gasteiger partial charge >= 0.3 is 5.97 Å². The summed E-state index contributed by atoms with van der Waals surface area (Å²) in [6.45, 7) is 1.86. The molecule has 0 radical (unpaired) electrons. The van der Waals surface area contributed by atoms with Gasteiger partial charge in [-0.05, 0) is 49.4 Å². The maximum atomic E-state index is 13.5. The van der Waals surface area contributed by atoms with Crippen molar-refractivity contribution in [1.82, 2.24) is 9.78 Å². The van der Waals surface area contributed by atoms with Crippen molar-refractivity contribution >= 4 is 29.2 Å². The number of hydrogen-bond acceptors (Lipinski definition) is 3. The molecule has 2 aromatic carbocycles. The Labute approximate surface area is 157 Å². The van der Waals surface area contributed by atoms with E-state index in [-0.39, 0.29) is 22.3 Å². The summed E-state index contributed by atoms with van der Waals surface area (Å²) in [5.74, 6) is -1.77. The van der Waals surface area contributed by atoms with Gasteiger partial charge in [-0.15, -0.1) is 0 Å². The molecular weight excluding hydrogens is 385 g/mol. The van der Waals surface area contributed by atoms with Gasteiger partial charge in [0.15, 0.2) is 5.69 Å². The van der Waals surface area contributed by atoms with Gasteiger partial charge < -0.3 is 4.74 Å². The Morgan fingerprint density at radius 2 is 1.73 bits per heavy atom. The predicted molar refractivity (Wildman–Crippen MR) is 94.9 cm³/mol. The fourth-order valence-electron chi connectivity index (χ4n) is 2.36. The summed E-state index contributed by atoms with van der Waals surface area (Å²) in [6.07, 6.45) is 0. The molecular formula is C18H12Cl2F2N2O2. The van der Waals surface area contributed by atoms with Crippen LogP contribution in [0, 0.1) is 11.6 Å². The Hall–Kier alpha value is -2.44. The number of ether oxygens (including phenoxy) is 1. The summed E-state index contributed by atoms with van der Waals surface area (Å²) >= 11 is 11.7. The fraction of sp³-hybridized carbons (Fsp3) is 0.111. The lowest BCUT2D eigenvalue weighted by Crippen LogP contribution is -2.07. The molecule has 4 nitrogen and oxygen atoms in total. The summed E-state index contributed by atoms with van der Waals surface area (Å²) in [7, 11) is 0. The Morgan fingerprint density at radius 1 is 1.08 bits per heavy atom. The van der Waals surface area contributed by atoms with E-state index in [1.807, 2.05) is 0 Å². The third-order valence-electron chi connectivity index (χ3n) is 3.56. The van der Waals surface area contributed by atoms with Crippen molar-refractivity contribution in [2.75, 3.05) is 6.61 Å². The quantitative estimate of drug-likeness (QED) is 0.561. The lowest BCUT2D eigenvalue weighted by atomic mass is 10.1. The van der Waals surface area contributed by atoms with E-state index in [0.717, 1.165) is 0 Å². The minimum Gasteiger partial charge on any atom is -0.461 e. The Balaban J connectivity index is 2.18. The smallest absolute Gasteiger partial charge is 0.358 e. The zero-order valence-corrected chi connectivity index (χ0v) is 15.0. The first kappa shape index (κ1) is 18.4. The molecule has 0 unspecified atom stereocenters. The number of halogens is 4. The topological polar surface area (TPSA) is 44.1 Å². The van der Waals surface area contributed by atoms with E-state index in [0.29, 0.717) is 16.9 Å². The molecule has 1 aromatic heterocycles. The third-order valence-corrected chi connectivity index (χ3v) is 4.14. The molecule has 134 valence electrons. The number of hydrogen-bond donors (Lipinski definition) is 0. The summed E-state index contributed by atoms with van der Waals surface area (Å²) < 4.78 is 33.3. The van der Waals surface area contributed by atoms with Crippen LogP contribution in [0.15, 0.2) is 42.5 Å². The summed E-state index contributed by atoms with van der Waals surface area (Å²) in [4.78, 5) is 12.0. The van der Waals surface area contributed by atoms with E-state index in [1.54, 1.807) is 6.92 Å². The lowest BCUT2D eigenvalue weighted by Gasteiger charge is -2.09. The molecule has 26 heavy (non-hydrogen) atoms. The van der Waals surface area contributed by atoms with Crippen molar-refractivity contribution < 1.29 is 18.3 Å². The van der Waals surface area contributed by atoms with Gasteiger partial charge in [-0.3, -0.25) is 0 Å². The van der Waals surface area contributed by atoms with E-state index < -0.39 is 17.6 Å². The van der Waals surface area contributed by atoms with Gasteiger partial charge in [0.2, 0.25) is 0 Å². The van der Waals surface area contributed by atoms with Crippen LogP contribution in [-0.2, 0) is 4.74 Å². The van der Waals surface area contributed by atoms with Crippen molar-refractivity contribution in [3.63, 3.8) is 0 Å². The van der Waals surface area contributed by atoms with Crippen molar-refractivity contribution in [2.24, 2.45) is 0 Å². The molecule has 0 amide bonds. The SMILES string of the molecule is CCOC(=O)c1cc(-c2ccc(F)c(Cl)c2)n(-c2ccc(F)c(Cl)c2)n1. The highest BCUT2D eigenvalue weighted by Crippen LogP contribution is 2.29. The zero-order valence-electron chi connectivity index (χ0n) is 13.5. The number of carbonyl (C=O) groups is 1. The molecule has 0 fully saturated rings. The lowest BCUT2D eigenvalue weighted by molar-refractivity contribution is 0.0519. The average Bonchev–Trinajstić information content (AvgIpc) is 3.05. The van der Waals surface area contributed by atoms with E-state index >= 15 is 0 Å². The monoisotopic (exact) mass is 396 g/mol. The number of aromatic nitrogens is 2. The van der Waals surface area contributed by atoms with Crippen LogP contribution < -0.4 is 0 Å². The maximum Gasteiger partial charge on any atom is 0.358 e. The molecule has 0 saturated carbocycles. The number of carbonyl (C=O) groups excluding carboxylic acids is 1. The zero-order chi connectivity index (χ0) is 18.8. The second kappa shape index (κ2) is 7.43.